The zero-order valence-electron chi connectivity index (χ0n) is 3.27. The van der Waals surface area contributed by atoms with Crippen LogP contribution in [-0.4, -0.2) is 16.6 Å². The predicted molar refractivity (Wildman–Crippen MR) is 34.5 cm³/mol. The van der Waals surface area contributed by atoms with Gasteiger partial charge in [0.2, 0.25) is 0 Å². The van der Waals surface area contributed by atoms with Gasteiger partial charge in [-0.1, -0.05) is 0 Å². The van der Waals surface area contributed by atoms with E-state index in [2.05, 4.69) is 17.9 Å². The second-order valence-electron chi connectivity index (χ2n) is 1.08. The van der Waals surface area contributed by atoms with Gasteiger partial charge in [-0.05, 0) is 0 Å². The van der Waals surface area contributed by atoms with Crippen molar-refractivity contribution in [1.82, 2.24) is 5.32 Å². The van der Waals surface area contributed by atoms with E-state index in [-0.39, 0.29) is 0 Å². The first kappa shape index (κ1) is 4.56. The Morgan fingerprint density at radius 1 is 1.83 bits per heavy atom. The lowest BCUT2D eigenvalue weighted by molar-refractivity contribution is 1.02. The van der Waals surface area contributed by atoms with Crippen LogP contribution >= 0.6 is 24.0 Å². The van der Waals surface area contributed by atoms with E-state index in [9.17, 15) is 0 Å². The van der Waals surface area contributed by atoms with Crippen LogP contribution in [0.2, 0.25) is 0 Å². The second-order valence-corrected chi connectivity index (χ2v) is 2.94. The topological polar surface area (TPSA) is 12.0 Å². The Morgan fingerprint density at radius 3 is 2.83 bits per heavy atom. The van der Waals surface area contributed by atoms with Crippen LogP contribution in [-0.2, 0) is 0 Å². The summed E-state index contributed by atoms with van der Waals surface area (Å²) in [5, 5.41) is 3.06. The van der Waals surface area contributed by atoms with Gasteiger partial charge in [0.05, 0.1) is 4.32 Å². The van der Waals surface area contributed by atoms with Crippen molar-refractivity contribution >= 4 is 28.3 Å². The first-order chi connectivity index (χ1) is 2.89. The molecule has 0 aromatic heterocycles. The summed E-state index contributed by atoms with van der Waals surface area (Å²) in [6.07, 6.45) is 0. The molecule has 0 saturated heterocycles. The van der Waals surface area contributed by atoms with Crippen LogP contribution in [0, 0.1) is 0 Å². The van der Waals surface area contributed by atoms with Crippen molar-refractivity contribution in [1.29, 1.82) is 0 Å². The van der Waals surface area contributed by atoms with Crippen LogP contribution in [0.1, 0.15) is 0 Å². The van der Waals surface area contributed by atoms with Crippen molar-refractivity contribution < 1.29 is 0 Å². The summed E-state index contributed by atoms with van der Waals surface area (Å²) in [5.41, 5.74) is 0. The summed E-state index contributed by atoms with van der Waals surface area (Å²) in [6, 6.07) is 0. The van der Waals surface area contributed by atoms with Gasteiger partial charge in [0, 0.05) is 12.3 Å². The standard InChI is InChI=1S/C3H6NS2/c5-3-4-1-2-6-3/h4-5H,1-2H2. The van der Waals surface area contributed by atoms with E-state index in [0.29, 0.717) is 0 Å². The zero-order chi connectivity index (χ0) is 4.41. The van der Waals surface area contributed by atoms with Crippen LogP contribution in [0.15, 0.2) is 0 Å². The van der Waals surface area contributed by atoms with Crippen molar-refractivity contribution in [2.24, 2.45) is 0 Å². The van der Waals surface area contributed by atoms with Crippen LogP contribution < -0.4 is 5.32 Å². The molecule has 0 aliphatic carbocycles. The normalized spacial score (nSPS) is 21.2. The average molecular weight is 120 g/mol. The summed E-state index contributed by atoms with van der Waals surface area (Å²) < 4.78 is 1.06. The van der Waals surface area contributed by atoms with E-state index in [1.54, 1.807) is 11.4 Å². The van der Waals surface area contributed by atoms with Gasteiger partial charge < -0.3 is 0 Å². The second kappa shape index (κ2) is 1.91. The third kappa shape index (κ3) is 0.929. The molecular formula is C3H6NS2. The van der Waals surface area contributed by atoms with Gasteiger partial charge in [-0.3, -0.25) is 5.32 Å². The molecule has 0 fully saturated rings. The third-order valence-corrected chi connectivity index (χ3v) is 1.99. The highest BCUT2D eigenvalue weighted by Crippen LogP contribution is 1.97. The highest BCUT2D eigenvalue weighted by atomic mass is 32.2. The number of nitrogens with one attached hydrogen (secondary N) is 1. The lowest BCUT2D eigenvalue weighted by atomic mass is 10.8. The van der Waals surface area contributed by atoms with E-state index < -0.39 is 0 Å². The third-order valence-electron chi connectivity index (χ3n) is 0.617. The molecule has 0 bridgehead atoms. The minimum atomic E-state index is 1.06. The van der Waals surface area contributed by atoms with Crippen molar-refractivity contribution in [3.05, 3.63) is 0 Å². The Morgan fingerprint density at radius 2 is 2.67 bits per heavy atom. The highest BCUT2D eigenvalue weighted by molar-refractivity contribution is 8.18. The van der Waals surface area contributed by atoms with E-state index in [0.717, 1.165) is 10.9 Å². The lowest BCUT2D eigenvalue weighted by Crippen LogP contribution is -2.11. The molecular weight excluding hydrogens is 114 g/mol. The molecule has 0 aromatic rings. The Kier molecular flexibility index (Phi) is 1.45. The van der Waals surface area contributed by atoms with E-state index in [1.165, 1.54) is 5.75 Å². The molecule has 1 heterocycles. The summed E-state index contributed by atoms with van der Waals surface area (Å²) in [5.74, 6) is 1.18. The molecule has 6 heavy (non-hydrogen) atoms. The minimum absolute atomic E-state index is 1.06. The van der Waals surface area contributed by atoms with Gasteiger partial charge in [-0.2, -0.15) is 11.4 Å². The predicted octanol–water partition coefficient (Wildman–Crippen LogP) is 0.340. The van der Waals surface area contributed by atoms with Gasteiger partial charge in [-0.15, -0.1) is 12.6 Å². The van der Waals surface area contributed by atoms with Crippen molar-refractivity contribution in [3.63, 3.8) is 0 Å². The fourth-order valence-corrected chi connectivity index (χ4v) is 1.34. The summed E-state index contributed by atoms with van der Waals surface area (Å²) >= 11 is 5.83. The Labute approximate surface area is 46.5 Å². The molecule has 1 N–H and O–H groups in total. The molecule has 1 aliphatic heterocycles. The SMILES string of the molecule is SC1=[S]CCN1. The molecule has 35 valence electrons. The minimum Gasteiger partial charge on any atom is -0.274 e. The van der Waals surface area contributed by atoms with E-state index in [1.807, 2.05) is 0 Å². The van der Waals surface area contributed by atoms with Gasteiger partial charge in [0.1, 0.15) is 0 Å². The molecule has 1 radical (unpaired) electrons. The van der Waals surface area contributed by atoms with Gasteiger partial charge in [0.15, 0.2) is 0 Å². The summed E-state index contributed by atoms with van der Waals surface area (Å²) in [4.78, 5) is 0. The largest absolute Gasteiger partial charge is 0.274 e. The monoisotopic (exact) mass is 120 g/mol. The summed E-state index contributed by atoms with van der Waals surface area (Å²) in [6.45, 7) is 1.09. The number of hydrogen-bond acceptors (Lipinski definition) is 1. The fraction of sp³-hybridized carbons (Fsp3) is 0.667. The zero-order valence-corrected chi connectivity index (χ0v) is 4.98. The van der Waals surface area contributed by atoms with Crippen molar-refractivity contribution in [2.45, 2.75) is 0 Å². The smallest absolute Gasteiger partial charge is 0.0953 e. The molecule has 0 spiro atoms. The van der Waals surface area contributed by atoms with E-state index in [4.69, 9.17) is 0 Å². The molecule has 3 heteroatoms. The molecule has 1 rings (SSSR count). The number of rotatable bonds is 0. The maximum absolute atomic E-state index is 4.06. The van der Waals surface area contributed by atoms with E-state index >= 15 is 0 Å². The number of thiol groups is 1. The Hall–Kier alpha value is 0.400. The Balaban J connectivity index is 2.45. The lowest BCUT2D eigenvalue weighted by Gasteiger charge is -1.82. The summed E-state index contributed by atoms with van der Waals surface area (Å²) in [7, 11) is 0. The average Bonchev–Trinajstić information content (AvgIpc) is 1.86. The first-order valence-corrected chi connectivity index (χ1v) is 3.25. The van der Waals surface area contributed by atoms with Crippen LogP contribution in [0.3, 0.4) is 0 Å². The van der Waals surface area contributed by atoms with Crippen LogP contribution in [0.5, 0.6) is 0 Å². The quantitative estimate of drug-likeness (QED) is 0.347. The fourth-order valence-electron chi connectivity index (χ4n) is 0.357. The highest BCUT2D eigenvalue weighted by Gasteiger charge is 1.95. The molecule has 0 saturated carbocycles. The van der Waals surface area contributed by atoms with Crippen LogP contribution in [0.25, 0.3) is 0 Å². The van der Waals surface area contributed by atoms with Crippen molar-refractivity contribution in [2.75, 3.05) is 12.3 Å². The van der Waals surface area contributed by atoms with Crippen LogP contribution in [0.4, 0.5) is 0 Å². The van der Waals surface area contributed by atoms with Crippen molar-refractivity contribution in [3.8, 4) is 0 Å². The number of hydrogen-bond donors (Lipinski definition) is 2. The molecule has 0 unspecified atom stereocenters. The molecule has 1 nitrogen and oxygen atoms in total. The van der Waals surface area contributed by atoms with Gasteiger partial charge in [0.25, 0.3) is 0 Å². The maximum atomic E-state index is 4.06. The molecule has 1 aliphatic rings. The molecule has 0 aromatic carbocycles. The van der Waals surface area contributed by atoms with Gasteiger partial charge >= 0.3 is 0 Å². The molecule has 0 amide bonds. The maximum Gasteiger partial charge on any atom is 0.0953 e. The first-order valence-electron chi connectivity index (χ1n) is 1.82. The Bertz CT molecular complexity index is 78.9. The molecule has 0 atom stereocenters. The van der Waals surface area contributed by atoms with Gasteiger partial charge in [-0.25, -0.2) is 0 Å².